The summed E-state index contributed by atoms with van der Waals surface area (Å²) < 4.78 is 50.9. The summed E-state index contributed by atoms with van der Waals surface area (Å²) in [5.41, 5.74) is -0.951. The second-order valence-corrected chi connectivity index (χ2v) is 6.87. The van der Waals surface area contributed by atoms with Gasteiger partial charge in [0.1, 0.15) is 24.2 Å². The van der Waals surface area contributed by atoms with Crippen molar-refractivity contribution in [1.29, 1.82) is 5.26 Å². The predicted molar refractivity (Wildman–Crippen MR) is 99.6 cm³/mol. The molecule has 3 rings (SSSR count). The predicted octanol–water partition coefficient (Wildman–Crippen LogP) is 4.09. The molecule has 1 atom stereocenters. The quantitative estimate of drug-likeness (QED) is 0.562. The van der Waals surface area contributed by atoms with Crippen molar-refractivity contribution in [3.8, 4) is 17.6 Å². The molecular formula is C21H13F3NO4S-. The number of aliphatic carboxylic acids is 1. The molecule has 154 valence electrons. The minimum atomic E-state index is -4.79. The molecule has 9 heteroatoms. The number of halogens is 3. The first-order valence-electron chi connectivity index (χ1n) is 8.51. The normalized spacial score (nSPS) is 12.1. The van der Waals surface area contributed by atoms with Crippen molar-refractivity contribution in [3.63, 3.8) is 0 Å². The van der Waals surface area contributed by atoms with Gasteiger partial charge >= 0.3 is 6.18 Å². The lowest BCUT2D eigenvalue weighted by molar-refractivity contribution is -0.314. The zero-order valence-electron chi connectivity index (χ0n) is 15.2. The molecule has 0 fully saturated rings. The van der Waals surface area contributed by atoms with E-state index in [4.69, 9.17) is 9.47 Å². The monoisotopic (exact) mass is 432 g/mol. The van der Waals surface area contributed by atoms with Gasteiger partial charge in [-0.05, 0) is 40.6 Å². The summed E-state index contributed by atoms with van der Waals surface area (Å²) in [5.74, 6) is -1.84. The molecule has 0 aliphatic heterocycles. The molecule has 0 amide bonds. The summed E-state index contributed by atoms with van der Waals surface area (Å²) in [7, 11) is 0. The van der Waals surface area contributed by atoms with E-state index in [9.17, 15) is 28.3 Å². The van der Waals surface area contributed by atoms with Gasteiger partial charge in [0, 0.05) is 11.6 Å². The van der Waals surface area contributed by atoms with Gasteiger partial charge < -0.3 is 19.4 Å². The first-order valence-corrected chi connectivity index (χ1v) is 9.45. The maximum Gasteiger partial charge on any atom is 0.416 e. The molecule has 0 aliphatic carbocycles. The Kier molecular flexibility index (Phi) is 6.28. The summed E-state index contributed by atoms with van der Waals surface area (Å²) in [6.07, 6.45) is -6.88. The summed E-state index contributed by atoms with van der Waals surface area (Å²) in [6, 6.07) is 11.9. The lowest BCUT2D eigenvalue weighted by Crippen LogP contribution is -2.34. The number of alkyl halides is 3. The van der Waals surface area contributed by atoms with Crippen LogP contribution in [0.25, 0.3) is 0 Å². The molecule has 0 aliphatic rings. The van der Waals surface area contributed by atoms with Gasteiger partial charge in [0.15, 0.2) is 6.10 Å². The van der Waals surface area contributed by atoms with Gasteiger partial charge in [-0.15, -0.1) is 0 Å². The van der Waals surface area contributed by atoms with Gasteiger partial charge in [0.2, 0.25) is 0 Å². The molecule has 5 nitrogen and oxygen atoms in total. The lowest BCUT2D eigenvalue weighted by Gasteiger charge is -2.24. The van der Waals surface area contributed by atoms with Gasteiger partial charge in [-0.25, -0.2) is 0 Å². The van der Waals surface area contributed by atoms with Crippen LogP contribution in [0.3, 0.4) is 0 Å². The van der Waals surface area contributed by atoms with Crippen molar-refractivity contribution < 1.29 is 32.5 Å². The van der Waals surface area contributed by atoms with Crippen LogP contribution in [0.5, 0.6) is 11.5 Å². The fraction of sp³-hybridized carbons (Fsp3) is 0.143. The molecule has 1 unspecified atom stereocenters. The summed E-state index contributed by atoms with van der Waals surface area (Å²) >= 11 is 1.48. The summed E-state index contributed by atoms with van der Waals surface area (Å²) in [6.45, 7) is 0.218. The van der Waals surface area contributed by atoms with Crippen LogP contribution >= 0.6 is 11.3 Å². The number of hydrogen-bond acceptors (Lipinski definition) is 6. The van der Waals surface area contributed by atoms with E-state index in [1.807, 2.05) is 22.9 Å². The van der Waals surface area contributed by atoms with E-state index in [1.54, 1.807) is 0 Å². The van der Waals surface area contributed by atoms with Gasteiger partial charge in [-0.3, -0.25) is 0 Å². The molecule has 1 heterocycles. The van der Waals surface area contributed by atoms with Crippen molar-refractivity contribution >= 4 is 17.3 Å². The fourth-order valence-corrected chi connectivity index (χ4v) is 3.33. The van der Waals surface area contributed by atoms with Crippen LogP contribution in [0.15, 0.2) is 59.3 Å². The van der Waals surface area contributed by atoms with E-state index in [2.05, 4.69) is 0 Å². The Morgan fingerprint density at radius 2 is 1.97 bits per heavy atom. The van der Waals surface area contributed by atoms with E-state index in [-0.39, 0.29) is 23.7 Å². The molecular weight excluding hydrogens is 419 g/mol. The topological polar surface area (TPSA) is 82.4 Å². The third-order valence-electron chi connectivity index (χ3n) is 4.07. The van der Waals surface area contributed by atoms with Gasteiger partial charge in [0.05, 0.1) is 17.1 Å². The van der Waals surface area contributed by atoms with E-state index in [0.29, 0.717) is 0 Å². The number of carbonyl (C=O) groups excluding carboxylic acids is 1. The molecule has 2 aromatic carbocycles. The highest BCUT2D eigenvalue weighted by Gasteiger charge is 2.36. The largest absolute Gasteiger partial charge is 0.546 e. The second kappa shape index (κ2) is 8.88. The molecule has 0 saturated carbocycles. The smallest absolute Gasteiger partial charge is 0.416 e. The number of ether oxygens (including phenoxy) is 2. The zero-order chi connectivity index (χ0) is 21.7. The van der Waals surface area contributed by atoms with Crippen molar-refractivity contribution in [1.82, 2.24) is 0 Å². The Morgan fingerprint density at radius 1 is 1.20 bits per heavy atom. The first kappa shape index (κ1) is 21.2. The van der Waals surface area contributed by atoms with E-state index in [1.165, 1.54) is 35.6 Å². The number of hydrogen-bond donors (Lipinski definition) is 0. The highest BCUT2D eigenvalue weighted by atomic mass is 32.1. The van der Waals surface area contributed by atoms with Crippen LogP contribution in [-0.2, 0) is 17.6 Å². The molecule has 0 spiro atoms. The van der Waals surface area contributed by atoms with Crippen molar-refractivity contribution in [2.45, 2.75) is 18.9 Å². The number of nitrogens with zero attached hydrogens (tertiary/aromatic N) is 1. The molecule has 0 bridgehead atoms. The molecule has 0 radical (unpaired) electrons. The summed E-state index contributed by atoms with van der Waals surface area (Å²) in [4.78, 5) is 11.6. The average Bonchev–Trinajstić information content (AvgIpc) is 3.23. The van der Waals surface area contributed by atoms with Crippen LogP contribution in [0.2, 0.25) is 0 Å². The Bertz CT molecular complexity index is 1070. The standard InChI is InChI=1S/C21H14F3NO4S/c22-21(23,24)17-4-2-1-3-16(17)19(20(26)27)29-18-9-15(6-5-14(18)10-25)28-11-13-7-8-30-12-13/h1-9,12,19H,11H2,(H,26,27)/p-1. The third kappa shape index (κ3) is 4.90. The minimum Gasteiger partial charge on any atom is -0.546 e. The molecule has 0 N–H and O–H groups in total. The maximum atomic E-state index is 13.3. The first-order chi connectivity index (χ1) is 14.3. The highest BCUT2D eigenvalue weighted by molar-refractivity contribution is 7.07. The average molecular weight is 432 g/mol. The van der Waals surface area contributed by atoms with Crippen LogP contribution in [0.4, 0.5) is 13.2 Å². The third-order valence-corrected chi connectivity index (χ3v) is 4.80. The van der Waals surface area contributed by atoms with Crippen molar-refractivity contribution in [2.24, 2.45) is 0 Å². The van der Waals surface area contributed by atoms with Gasteiger partial charge in [-0.2, -0.15) is 29.8 Å². The number of carboxylic acids is 1. The molecule has 1 aromatic heterocycles. The van der Waals surface area contributed by atoms with E-state index < -0.39 is 29.4 Å². The number of carboxylic acid groups (broad SMARTS) is 1. The number of thiophene rings is 1. The molecule has 3 aromatic rings. The zero-order valence-corrected chi connectivity index (χ0v) is 16.0. The lowest BCUT2D eigenvalue weighted by atomic mass is 10.0. The van der Waals surface area contributed by atoms with Crippen molar-refractivity contribution in [2.75, 3.05) is 0 Å². The Balaban J connectivity index is 1.93. The van der Waals surface area contributed by atoms with Gasteiger partial charge in [0.25, 0.3) is 0 Å². The van der Waals surface area contributed by atoms with Crippen LogP contribution in [0.1, 0.15) is 28.4 Å². The Morgan fingerprint density at radius 3 is 2.60 bits per heavy atom. The minimum absolute atomic E-state index is 0.0615. The summed E-state index contributed by atoms with van der Waals surface area (Å²) in [5, 5.41) is 24.7. The van der Waals surface area contributed by atoms with Crippen molar-refractivity contribution in [3.05, 3.63) is 81.5 Å². The van der Waals surface area contributed by atoms with Crippen LogP contribution < -0.4 is 14.6 Å². The van der Waals surface area contributed by atoms with E-state index >= 15 is 0 Å². The van der Waals surface area contributed by atoms with Gasteiger partial charge in [-0.1, -0.05) is 18.2 Å². The number of nitriles is 1. The SMILES string of the molecule is N#Cc1ccc(OCc2ccsc2)cc1OC(C(=O)[O-])c1ccccc1C(F)(F)F. The molecule has 30 heavy (non-hydrogen) atoms. The highest BCUT2D eigenvalue weighted by Crippen LogP contribution is 2.37. The fourth-order valence-electron chi connectivity index (χ4n) is 2.67. The number of benzene rings is 2. The van der Waals surface area contributed by atoms with Crippen LogP contribution in [-0.4, -0.2) is 5.97 Å². The van der Waals surface area contributed by atoms with Crippen LogP contribution in [0, 0.1) is 11.3 Å². The number of rotatable bonds is 7. The van der Waals surface area contributed by atoms with E-state index in [0.717, 1.165) is 23.8 Å². The Hall–Kier alpha value is -3.51. The second-order valence-electron chi connectivity index (χ2n) is 6.09. The molecule has 0 saturated heterocycles. The number of carbonyl (C=O) groups is 1. The Labute approximate surface area is 173 Å². The maximum absolute atomic E-state index is 13.3.